The molecular weight excluding hydrogens is 185 g/mol. The monoisotopic (exact) mass is 193 g/mol. The topological polar surface area (TPSA) is 82.7 Å². The van der Waals surface area contributed by atoms with Crippen molar-refractivity contribution in [3.63, 3.8) is 0 Å². The van der Waals surface area contributed by atoms with Gasteiger partial charge in [-0.25, -0.2) is 0 Å². The first-order valence-electron chi connectivity index (χ1n) is 3.78. The largest absolute Gasteiger partial charge is 0.707 e. The fraction of sp³-hybridized carbons (Fsp3) is 0.125. The van der Waals surface area contributed by atoms with Crippen LogP contribution in [-0.2, 0) is 0 Å². The maximum absolute atomic E-state index is 8.59. The van der Waals surface area contributed by atoms with Crippen LogP contribution in [0.1, 0.15) is 5.56 Å². The van der Waals surface area contributed by atoms with Crippen LogP contribution in [0.4, 0.5) is 0 Å². The molecule has 0 saturated carbocycles. The van der Waals surface area contributed by atoms with Crippen LogP contribution >= 0.6 is 0 Å². The van der Waals surface area contributed by atoms with Gasteiger partial charge in [0, 0.05) is 6.07 Å². The second kappa shape index (κ2) is 4.51. The molecule has 0 radical (unpaired) electrons. The lowest BCUT2D eigenvalue weighted by atomic mass is 10.2. The van der Waals surface area contributed by atoms with Crippen molar-refractivity contribution in [3.05, 3.63) is 23.8 Å². The van der Waals surface area contributed by atoms with Crippen LogP contribution in [0, 0.1) is 11.3 Å². The van der Waals surface area contributed by atoms with Crippen molar-refractivity contribution in [1.29, 1.82) is 5.26 Å². The van der Waals surface area contributed by atoms with E-state index in [0.29, 0.717) is 5.56 Å². The first-order chi connectivity index (χ1) is 6.67. The van der Waals surface area contributed by atoms with Crippen LogP contribution in [0.2, 0.25) is 0 Å². The molecule has 0 aliphatic heterocycles. The van der Waals surface area contributed by atoms with E-state index < -0.39 is 7.32 Å². The molecule has 0 bridgehead atoms. The summed E-state index contributed by atoms with van der Waals surface area (Å²) >= 11 is 0. The van der Waals surface area contributed by atoms with Gasteiger partial charge in [-0.3, -0.25) is 0 Å². The van der Waals surface area contributed by atoms with E-state index in [9.17, 15) is 0 Å². The van der Waals surface area contributed by atoms with Crippen molar-refractivity contribution in [3.8, 4) is 17.6 Å². The van der Waals surface area contributed by atoms with Crippen molar-refractivity contribution in [2.75, 3.05) is 7.11 Å². The zero-order valence-corrected chi connectivity index (χ0v) is 7.47. The molecule has 14 heavy (non-hydrogen) atoms. The fourth-order valence-electron chi connectivity index (χ4n) is 0.948. The summed E-state index contributed by atoms with van der Waals surface area (Å²) in [6, 6.07) is 6.28. The van der Waals surface area contributed by atoms with Crippen molar-refractivity contribution < 1.29 is 19.4 Å². The number of nitriles is 1. The average Bonchev–Trinajstić information content (AvgIpc) is 2.17. The molecule has 0 spiro atoms. The lowest BCUT2D eigenvalue weighted by Crippen LogP contribution is -2.20. The second-order valence-electron chi connectivity index (χ2n) is 2.42. The Labute approximate surface area is 81.3 Å². The molecular formula is C8H8BNO4. The first-order valence-corrected chi connectivity index (χ1v) is 3.78. The highest BCUT2D eigenvalue weighted by atomic mass is 16.6. The summed E-state index contributed by atoms with van der Waals surface area (Å²) in [6.07, 6.45) is 0. The SMILES string of the molecule is COc1cc(C#N)ccc1OB(O)O. The third kappa shape index (κ3) is 2.39. The summed E-state index contributed by atoms with van der Waals surface area (Å²) in [6.45, 7) is 0. The Balaban J connectivity index is 3.00. The Kier molecular flexibility index (Phi) is 3.34. The van der Waals surface area contributed by atoms with Crippen LogP contribution in [0.5, 0.6) is 11.5 Å². The summed E-state index contributed by atoms with van der Waals surface area (Å²) in [5.41, 5.74) is 0.404. The molecule has 6 heteroatoms. The van der Waals surface area contributed by atoms with E-state index in [2.05, 4.69) is 4.65 Å². The summed E-state index contributed by atoms with van der Waals surface area (Å²) < 4.78 is 9.50. The number of nitrogens with zero attached hydrogens (tertiary/aromatic N) is 1. The second-order valence-corrected chi connectivity index (χ2v) is 2.42. The lowest BCUT2D eigenvalue weighted by molar-refractivity contribution is 0.279. The van der Waals surface area contributed by atoms with Gasteiger partial charge in [0.05, 0.1) is 18.7 Å². The molecule has 5 nitrogen and oxygen atoms in total. The highest BCUT2D eigenvalue weighted by molar-refractivity contribution is 6.33. The van der Waals surface area contributed by atoms with E-state index >= 15 is 0 Å². The highest BCUT2D eigenvalue weighted by Crippen LogP contribution is 2.27. The number of methoxy groups -OCH3 is 1. The Bertz CT molecular complexity index is 361. The van der Waals surface area contributed by atoms with Gasteiger partial charge >= 0.3 is 7.32 Å². The van der Waals surface area contributed by atoms with E-state index in [1.165, 1.54) is 25.3 Å². The minimum atomic E-state index is -1.91. The number of hydrogen-bond acceptors (Lipinski definition) is 5. The van der Waals surface area contributed by atoms with Gasteiger partial charge in [0.15, 0.2) is 5.75 Å². The predicted molar refractivity (Wildman–Crippen MR) is 48.5 cm³/mol. The van der Waals surface area contributed by atoms with Crippen LogP contribution in [0.3, 0.4) is 0 Å². The van der Waals surface area contributed by atoms with Crippen LogP contribution < -0.4 is 9.39 Å². The molecule has 0 aliphatic carbocycles. The smallest absolute Gasteiger partial charge is 0.509 e. The minimum Gasteiger partial charge on any atom is -0.509 e. The summed E-state index contributed by atoms with van der Waals surface area (Å²) in [7, 11) is -0.510. The number of benzene rings is 1. The van der Waals surface area contributed by atoms with Crippen LogP contribution in [0.25, 0.3) is 0 Å². The van der Waals surface area contributed by atoms with Gasteiger partial charge in [0.1, 0.15) is 5.75 Å². The Morgan fingerprint density at radius 2 is 2.07 bits per heavy atom. The van der Waals surface area contributed by atoms with Gasteiger partial charge in [-0.1, -0.05) is 0 Å². The van der Waals surface area contributed by atoms with Gasteiger partial charge in [0.25, 0.3) is 0 Å². The van der Waals surface area contributed by atoms with E-state index in [0.717, 1.165) is 0 Å². The molecule has 0 heterocycles. The van der Waals surface area contributed by atoms with E-state index in [1.54, 1.807) is 0 Å². The van der Waals surface area contributed by atoms with Crippen molar-refractivity contribution in [2.24, 2.45) is 0 Å². The number of ether oxygens (including phenoxy) is 1. The van der Waals surface area contributed by atoms with E-state index in [1.807, 2.05) is 6.07 Å². The van der Waals surface area contributed by atoms with Gasteiger partial charge < -0.3 is 19.4 Å². The fourth-order valence-corrected chi connectivity index (χ4v) is 0.948. The molecule has 0 saturated heterocycles. The lowest BCUT2D eigenvalue weighted by Gasteiger charge is -2.09. The molecule has 0 aliphatic rings. The zero-order chi connectivity index (χ0) is 10.6. The molecule has 1 aromatic carbocycles. The molecule has 1 rings (SSSR count). The standard InChI is InChI=1S/C8H8BNO4/c1-13-8-4-6(5-10)2-3-7(8)14-9(11)12/h2-4,11-12H,1H3. The number of hydrogen-bond donors (Lipinski definition) is 2. The van der Waals surface area contributed by atoms with Crippen molar-refractivity contribution in [1.82, 2.24) is 0 Å². The van der Waals surface area contributed by atoms with Crippen LogP contribution in [0.15, 0.2) is 18.2 Å². The molecule has 1 aromatic rings. The van der Waals surface area contributed by atoms with Crippen molar-refractivity contribution in [2.45, 2.75) is 0 Å². The van der Waals surface area contributed by atoms with Gasteiger partial charge in [0.2, 0.25) is 0 Å². The molecule has 0 fully saturated rings. The van der Waals surface area contributed by atoms with Crippen LogP contribution in [-0.4, -0.2) is 24.5 Å². The Hall–Kier alpha value is -1.71. The molecule has 0 amide bonds. The Morgan fingerprint density at radius 1 is 1.36 bits per heavy atom. The molecule has 0 aromatic heterocycles. The van der Waals surface area contributed by atoms with Gasteiger partial charge in [-0.2, -0.15) is 5.26 Å². The third-order valence-electron chi connectivity index (χ3n) is 1.53. The third-order valence-corrected chi connectivity index (χ3v) is 1.53. The summed E-state index contributed by atoms with van der Waals surface area (Å²) in [5, 5.41) is 25.7. The predicted octanol–water partition coefficient (Wildman–Crippen LogP) is -0.0848. The van der Waals surface area contributed by atoms with E-state index in [-0.39, 0.29) is 11.5 Å². The molecule has 72 valence electrons. The Morgan fingerprint density at radius 3 is 2.57 bits per heavy atom. The van der Waals surface area contributed by atoms with Gasteiger partial charge in [-0.15, -0.1) is 0 Å². The average molecular weight is 193 g/mol. The summed E-state index contributed by atoms with van der Waals surface area (Å²) in [4.78, 5) is 0. The zero-order valence-electron chi connectivity index (χ0n) is 7.47. The highest BCUT2D eigenvalue weighted by Gasteiger charge is 2.14. The quantitative estimate of drug-likeness (QED) is 0.655. The first kappa shape index (κ1) is 10.4. The molecule has 0 atom stereocenters. The number of rotatable bonds is 3. The minimum absolute atomic E-state index is 0.168. The van der Waals surface area contributed by atoms with E-state index in [4.69, 9.17) is 20.0 Å². The van der Waals surface area contributed by atoms with Crippen molar-refractivity contribution >= 4 is 7.32 Å². The molecule has 0 unspecified atom stereocenters. The van der Waals surface area contributed by atoms with Gasteiger partial charge in [-0.05, 0) is 12.1 Å². The maximum atomic E-state index is 8.59. The molecule has 2 N–H and O–H groups in total. The maximum Gasteiger partial charge on any atom is 0.707 e. The summed E-state index contributed by atoms with van der Waals surface area (Å²) in [5.74, 6) is 0.443. The normalized spacial score (nSPS) is 9.00.